The monoisotopic (exact) mass is 492 g/mol. The van der Waals surface area contributed by atoms with Crippen LogP contribution in [0.1, 0.15) is 18.4 Å². The summed E-state index contributed by atoms with van der Waals surface area (Å²) in [5.74, 6) is 0.483. The van der Waals surface area contributed by atoms with Crippen LogP contribution in [0.5, 0.6) is 11.5 Å². The van der Waals surface area contributed by atoms with Gasteiger partial charge in [-0.05, 0) is 24.6 Å². The quantitative estimate of drug-likeness (QED) is 0.480. The fraction of sp³-hybridized carbons (Fsp3) is 0.308. The van der Waals surface area contributed by atoms with E-state index >= 15 is 4.39 Å². The van der Waals surface area contributed by atoms with E-state index in [2.05, 4.69) is 9.98 Å². The topological polar surface area (TPSA) is 106 Å². The van der Waals surface area contributed by atoms with Crippen molar-refractivity contribution in [3.05, 3.63) is 54.1 Å². The molecule has 9 nitrogen and oxygen atoms in total. The number of likely N-dealkylation sites (tertiary alicyclic amines) is 1. The smallest absolute Gasteiger partial charge is 0.222 e. The molecule has 0 aliphatic carbocycles. The Labute approximate surface area is 209 Å². The second-order valence-electron chi connectivity index (χ2n) is 8.41. The number of likely N-dealkylation sites (N-methyl/N-ethyl adjacent to an activating group) is 1. The van der Waals surface area contributed by atoms with Gasteiger partial charge in [-0.25, -0.2) is 9.37 Å². The number of allylic oxidation sites excluding steroid dienone is 1. The van der Waals surface area contributed by atoms with Crippen LogP contribution in [-0.4, -0.2) is 67.9 Å². The third-order valence-electron chi connectivity index (χ3n) is 6.35. The molecule has 1 aromatic carbocycles. The lowest BCUT2D eigenvalue weighted by atomic mass is 10.1. The predicted molar refractivity (Wildman–Crippen MR) is 138 cm³/mol. The average Bonchev–Trinajstić information content (AvgIpc) is 3.22. The van der Waals surface area contributed by atoms with Gasteiger partial charge >= 0.3 is 0 Å². The van der Waals surface area contributed by atoms with E-state index in [9.17, 15) is 4.79 Å². The highest BCUT2D eigenvalue weighted by Gasteiger charge is 2.31. The zero-order valence-electron chi connectivity index (χ0n) is 20.7. The Morgan fingerprint density at radius 2 is 2.08 bits per heavy atom. The Kier molecular flexibility index (Phi) is 7.33. The van der Waals surface area contributed by atoms with E-state index in [0.29, 0.717) is 47.6 Å². The van der Waals surface area contributed by atoms with Gasteiger partial charge in [0.2, 0.25) is 5.91 Å². The number of halogens is 1. The number of aromatic nitrogens is 2. The third kappa shape index (κ3) is 4.79. The zero-order valence-corrected chi connectivity index (χ0v) is 20.7. The molecule has 1 aliphatic rings. The number of ether oxygens (including phenoxy) is 2. The summed E-state index contributed by atoms with van der Waals surface area (Å²) < 4.78 is 26.3. The number of nitrogens with two attached hydrogens (primary N) is 1. The SMILES string of the molecule is CN=C/C(=C\N)c1cnc2ccc(N(CC3CCC(=O)N3C)c3cc(OC)cc(OC)c3F)nc2c1. The maximum Gasteiger partial charge on any atom is 0.222 e. The molecule has 1 saturated heterocycles. The Bertz CT molecular complexity index is 1340. The number of hydrogen-bond acceptors (Lipinski definition) is 8. The van der Waals surface area contributed by atoms with Gasteiger partial charge in [-0.3, -0.25) is 14.8 Å². The summed E-state index contributed by atoms with van der Waals surface area (Å²) in [5.41, 5.74) is 8.72. The summed E-state index contributed by atoms with van der Waals surface area (Å²) in [7, 11) is 6.33. The Balaban J connectivity index is 1.86. The maximum absolute atomic E-state index is 15.6. The lowest BCUT2D eigenvalue weighted by Gasteiger charge is -2.31. The van der Waals surface area contributed by atoms with Gasteiger partial charge in [-0.2, -0.15) is 0 Å². The molecule has 1 unspecified atom stereocenters. The summed E-state index contributed by atoms with van der Waals surface area (Å²) in [4.78, 5) is 29.0. The standard InChI is InChI=1S/C26H29FN6O3/c1-29-13-17(12-28)16-9-21-20(30-14-16)6-7-24(31-21)33(15-18-5-8-25(34)32(18)2)22-10-19(35-3)11-23(36-4)26(22)27/h6-7,9-14,18H,5,8,15,28H2,1-4H3/b17-12+,29-13?. The fourth-order valence-corrected chi connectivity index (χ4v) is 4.28. The minimum absolute atomic E-state index is 0.0477. The molecule has 4 rings (SSSR count). The minimum Gasteiger partial charge on any atom is -0.497 e. The lowest BCUT2D eigenvalue weighted by Crippen LogP contribution is -2.38. The van der Waals surface area contributed by atoms with Crippen LogP contribution < -0.4 is 20.1 Å². The van der Waals surface area contributed by atoms with Crippen molar-refractivity contribution in [2.24, 2.45) is 10.7 Å². The molecule has 188 valence electrons. The number of aliphatic imine (C=N–C) groups is 1. The molecule has 0 radical (unpaired) electrons. The van der Waals surface area contributed by atoms with Crippen LogP contribution >= 0.6 is 0 Å². The first-order valence-corrected chi connectivity index (χ1v) is 11.5. The van der Waals surface area contributed by atoms with Gasteiger partial charge in [-0.1, -0.05) is 0 Å². The highest BCUT2D eigenvalue weighted by molar-refractivity contribution is 6.10. The molecule has 0 bridgehead atoms. The number of methoxy groups -OCH3 is 2. The number of carbonyl (C=O) groups is 1. The molecule has 1 amide bonds. The van der Waals surface area contributed by atoms with Crippen molar-refractivity contribution in [2.45, 2.75) is 18.9 Å². The summed E-state index contributed by atoms with van der Waals surface area (Å²) in [6.45, 7) is 0.331. The summed E-state index contributed by atoms with van der Waals surface area (Å²) >= 11 is 0. The Hall–Kier alpha value is -4.21. The highest BCUT2D eigenvalue weighted by atomic mass is 19.1. The van der Waals surface area contributed by atoms with Gasteiger partial charge in [0, 0.05) is 75.0 Å². The number of carbonyl (C=O) groups excluding carboxylic acids is 1. The predicted octanol–water partition coefficient (Wildman–Crippen LogP) is 3.55. The van der Waals surface area contributed by atoms with Crippen LogP contribution in [0.4, 0.5) is 15.9 Å². The van der Waals surface area contributed by atoms with E-state index in [4.69, 9.17) is 20.2 Å². The van der Waals surface area contributed by atoms with Crippen molar-refractivity contribution in [1.82, 2.24) is 14.9 Å². The van der Waals surface area contributed by atoms with E-state index < -0.39 is 5.82 Å². The Morgan fingerprint density at radius 3 is 2.72 bits per heavy atom. The number of rotatable bonds is 8. The van der Waals surface area contributed by atoms with Crippen molar-refractivity contribution in [3.8, 4) is 11.5 Å². The molecule has 0 spiro atoms. The molecule has 1 aliphatic heterocycles. The van der Waals surface area contributed by atoms with Gasteiger partial charge in [-0.15, -0.1) is 0 Å². The van der Waals surface area contributed by atoms with E-state index in [1.807, 2.05) is 12.1 Å². The number of fused-ring (bicyclic) bond motifs is 1. The third-order valence-corrected chi connectivity index (χ3v) is 6.35. The van der Waals surface area contributed by atoms with E-state index in [0.717, 1.165) is 5.56 Å². The highest BCUT2D eigenvalue weighted by Crippen LogP contribution is 2.37. The lowest BCUT2D eigenvalue weighted by molar-refractivity contribution is -0.127. The fourth-order valence-electron chi connectivity index (χ4n) is 4.28. The molecule has 10 heteroatoms. The van der Waals surface area contributed by atoms with Gasteiger partial charge in [0.05, 0.1) is 30.9 Å². The maximum atomic E-state index is 15.6. The summed E-state index contributed by atoms with van der Waals surface area (Å²) in [6, 6.07) is 8.43. The molecule has 36 heavy (non-hydrogen) atoms. The zero-order chi connectivity index (χ0) is 25.8. The van der Waals surface area contributed by atoms with Crippen LogP contribution in [0.25, 0.3) is 16.6 Å². The van der Waals surface area contributed by atoms with Gasteiger partial charge in [0.25, 0.3) is 0 Å². The molecular formula is C26H29FN6O3. The van der Waals surface area contributed by atoms with E-state index in [1.165, 1.54) is 26.5 Å². The second-order valence-corrected chi connectivity index (χ2v) is 8.41. The van der Waals surface area contributed by atoms with Crippen LogP contribution in [0, 0.1) is 5.82 Å². The minimum atomic E-state index is -0.549. The molecule has 0 saturated carbocycles. The molecule has 1 fully saturated rings. The number of amides is 1. The van der Waals surface area contributed by atoms with Gasteiger partial charge < -0.3 is 25.0 Å². The molecule has 2 N–H and O–H groups in total. The van der Waals surface area contributed by atoms with Crippen LogP contribution in [0.15, 0.2) is 47.7 Å². The van der Waals surface area contributed by atoms with Gasteiger partial charge in [0.1, 0.15) is 11.6 Å². The molecular weight excluding hydrogens is 463 g/mol. The van der Waals surface area contributed by atoms with Crippen LogP contribution in [0.2, 0.25) is 0 Å². The van der Waals surface area contributed by atoms with E-state index in [1.54, 1.807) is 48.4 Å². The van der Waals surface area contributed by atoms with E-state index in [-0.39, 0.29) is 23.4 Å². The normalized spacial score (nSPS) is 16.2. The first-order valence-electron chi connectivity index (χ1n) is 11.5. The number of anilines is 2. The molecule has 3 aromatic rings. The summed E-state index contributed by atoms with van der Waals surface area (Å²) in [5, 5.41) is 0. The van der Waals surface area contributed by atoms with Crippen LogP contribution in [0.3, 0.4) is 0 Å². The number of benzene rings is 1. The van der Waals surface area contributed by atoms with Crippen molar-refractivity contribution in [2.75, 3.05) is 39.8 Å². The van der Waals surface area contributed by atoms with Crippen molar-refractivity contribution >= 4 is 40.2 Å². The Morgan fingerprint density at radius 1 is 1.28 bits per heavy atom. The molecule has 1 atom stereocenters. The number of nitrogens with zero attached hydrogens (tertiary/aromatic N) is 5. The van der Waals surface area contributed by atoms with Crippen molar-refractivity contribution in [3.63, 3.8) is 0 Å². The summed E-state index contributed by atoms with van der Waals surface area (Å²) in [6.07, 6.45) is 5.91. The first kappa shape index (κ1) is 24.9. The number of hydrogen-bond donors (Lipinski definition) is 1. The van der Waals surface area contributed by atoms with Crippen molar-refractivity contribution < 1.29 is 18.7 Å². The first-order chi connectivity index (χ1) is 17.4. The van der Waals surface area contributed by atoms with Crippen LogP contribution in [-0.2, 0) is 4.79 Å². The molecule has 2 aromatic heterocycles. The largest absolute Gasteiger partial charge is 0.497 e. The van der Waals surface area contributed by atoms with Crippen molar-refractivity contribution in [1.29, 1.82) is 0 Å². The number of pyridine rings is 2. The second kappa shape index (κ2) is 10.6. The molecule has 3 heterocycles. The average molecular weight is 493 g/mol. The van der Waals surface area contributed by atoms with Gasteiger partial charge in [0.15, 0.2) is 11.6 Å².